The Morgan fingerprint density at radius 3 is 1.40 bits per heavy atom. The molecule has 2 aromatic carbocycles. The van der Waals surface area contributed by atoms with Crippen molar-refractivity contribution in [2.24, 2.45) is 46.3 Å². The largest absolute Gasteiger partial charge is 0.457 e. The highest BCUT2D eigenvalue weighted by molar-refractivity contribution is 6.24. The van der Waals surface area contributed by atoms with Gasteiger partial charge < -0.3 is 4.74 Å². The number of anilines is 2. The molecule has 0 radical (unpaired) electrons. The minimum Gasteiger partial charge on any atom is -0.457 e. The fourth-order valence-electron chi connectivity index (χ4n) is 9.77. The molecule has 228 valence electrons. The Kier molecular flexibility index (Phi) is 5.90. The van der Waals surface area contributed by atoms with Gasteiger partial charge in [-0.05, 0) is 99.9 Å². The first-order valence-electron chi connectivity index (χ1n) is 15.8. The summed E-state index contributed by atoms with van der Waals surface area (Å²) >= 11 is 0. The van der Waals surface area contributed by atoms with Crippen molar-refractivity contribution in [1.29, 1.82) is 0 Å². The molecule has 8 atom stereocenters. The maximum Gasteiger partial charge on any atom is 0.238 e. The van der Waals surface area contributed by atoms with E-state index in [0.717, 1.165) is 24.0 Å². The highest BCUT2D eigenvalue weighted by Crippen LogP contribution is 2.64. The monoisotopic (exact) mass is 600 g/mol. The van der Waals surface area contributed by atoms with E-state index in [1.165, 1.54) is 9.80 Å². The molecule has 2 saturated heterocycles. The number of hydrogen-bond acceptors (Lipinski definition) is 5. The van der Waals surface area contributed by atoms with Crippen molar-refractivity contribution in [2.45, 2.75) is 39.5 Å². The second kappa shape index (κ2) is 9.49. The van der Waals surface area contributed by atoms with E-state index in [0.29, 0.717) is 35.7 Å². The first kappa shape index (κ1) is 28.0. The third-order valence-corrected chi connectivity index (χ3v) is 11.1. The third kappa shape index (κ3) is 3.88. The van der Waals surface area contributed by atoms with Crippen molar-refractivity contribution < 1.29 is 23.9 Å². The number of imide groups is 2. The van der Waals surface area contributed by atoms with E-state index in [1.54, 1.807) is 48.5 Å². The average molecular weight is 601 g/mol. The topological polar surface area (TPSA) is 84.0 Å². The molecule has 45 heavy (non-hydrogen) atoms. The van der Waals surface area contributed by atoms with Crippen LogP contribution in [0.2, 0.25) is 0 Å². The molecule has 8 rings (SSSR count). The number of ether oxygens (including phenoxy) is 1. The molecule has 4 amide bonds. The van der Waals surface area contributed by atoms with Crippen molar-refractivity contribution in [3.63, 3.8) is 0 Å². The summed E-state index contributed by atoms with van der Waals surface area (Å²) in [6.07, 6.45) is 11.6. The van der Waals surface area contributed by atoms with E-state index in [2.05, 4.69) is 37.5 Å². The Labute approximate surface area is 262 Å². The highest BCUT2D eigenvalue weighted by atomic mass is 16.5. The lowest BCUT2D eigenvalue weighted by molar-refractivity contribution is -0.125. The normalized spacial score (nSPS) is 35.2. The SMILES string of the molecule is C=C(C)CC12C=CC(C1)C1C(=O)N(c3ccc(Oc4ccc(N5C(=O)C6C7C=CC(CC(=C)C)(C7)C6C5=O)cc4)cc3)C(=O)C12. The number of amides is 4. The summed E-state index contributed by atoms with van der Waals surface area (Å²) in [6.45, 7) is 12.1. The summed E-state index contributed by atoms with van der Waals surface area (Å²) in [7, 11) is 0. The molecule has 4 bridgehead atoms. The van der Waals surface area contributed by atoms with E-state index < -0.39 is 0 Å². The zero-order chi connectivity index (χ0) is 31.4. The summed E-state index contributed by atoms with van der Waals surface area (Å²) in [4.78, 5) is 57.0. The van der Waals surface area contributed by atoms with Crippen LogP contribution in [0.25, 0.3) is 0 Å². The van der Waals surface area contributed by atoms with Crippen LogP contribution in [0.15, 0.2) is 97.1 Å². The van der Waals surface area contributed by atoms with Crippen LogP contribution in [-0.2, 0) is 19.2 Å². The quantitative estimate of drug-likeness (QED) is 0.247. The van der Waals surface area contributed by atoms with Gasteiger partial charge in [0.05, 0.1) is 35.0 Å². The Morgan fingerprint density at radius 1 is 0.667 bits per heavy atom. The van der Waals surface area contributed by atoms with Gasteiger partial charge >= 0.3 is 0 Å². The minimum atomic E-state index is -0.344. The van der Waals surface area contributed by atoms with Crippen LogP contribution >= 0.6 is 0 Å². The average Bonchev–Trinajstić information content (AvgIpc) is 3.81. The van der Waals surface area contributed by atoms with Gasteiger partial charge in [0.2, 0.25) is 23.6 Å². The van der Waals surface area contributed by atoms with E-state index >= 15 is 0 Å². The van der Waals surface area contributed by atoms with Gasteiger partial charge in [-0.1, -0.05) is 35.5 Å². The summed E-state index contributed by atoms with van der Waals surface area (Å²) in [5, 5.41) is 0. The van der Waals surface area contributed by atoms with Gasteiger partial charge in [0, 0.05) is 10.8 Å². The molecule has 8 unspecified atom stereocenters. The highest BCUT2D eigenvalue weighted by Gasteiger charge is 2.67. The number of carbonyl (C=O) groups excluding carboxylic acids is 4. The third-order valence-electron chi connectivity index (χ3n) is 11.1. The molecular formula is C38H36N2O5. The van der Waals surface area contributed by atoms with Crippen molar-refractivity contribution >= 4 is 35.0 Å². The first-order valence-corrected chi connectivity index (χ1v) is 15.8. The Hall–Kier alpha value is -4.52. The maximum atomic E-state index is 13.7. The number of nitrogens with zero attached hydrogens (tertiary/aromatic N) is 2. The molecule has 0 aromatic heterocycles. The van der Waals surface area contributed by atoms with Gasteiger partial charge in [0.25, 0.3) is 0 Å². The van der Waals surface area contributed by atoms with Crippen molar-refractivity contribution in [3.05, 3.63) is 97.1 Å². The van der Waals surface area contributed by atoms with Gasteiger partial charge in [0.15, 0.2) is 0 Å². The summed E-state index contributed by atoms with van der Waals surface area (Å²) in [6, 6.07) is 13.9. The number of carbonyl (C=O) groups is 4. The molecule has 2 heterocycles. The molecule has 7 nitrogen and oxygen atoms in total. The van der Waals surface area contributed by atoms with Crippen LogP contribution in [0.1, 0.15) is 39.5 Å². The number of benzene rings is 2. The lowest BCUT2D eigenvalue weighted by atomic mass is 9.71. The number of hydrogen-bond donors (Lipinski definition) is 0. The fourth-order valence-corrected chi connectivity index (χ4v) is 9.77. The predicted molar refractivity (Wildman–Crippen MR) is 170 cm³/mol. The van der Waals surface area contributed by atoms with Gasteiger partial charge in [0.1, 0.15) is 11.5 Å². The fraction of sp³-hybridized carbons (Fsp3) is 0.368. The zero-order valence-electron chi connectivity index (χ0n) is 25.6. The molecule has 7 heteroatoms. The molecule has 2 aliphatic heterocycles. The van der Waals surface area contributed by atoms with Gasteiger partial charge in [-0.2, -0.15) is 0 Å². The van der Waals surface area contributed by atoms with Crippen LogP contribution < -0.4 is 14.5 Å². The number of rotatable bonds is 8. The minimum absolute atomic E-state index is 0.0939. The van der Waals surface area contributed by atoms with Crippen LogP contribution in [0, 0.1) is 46.3 Å². The van der Waals surface area contributed by atoms with E-state index in [9.17, 15) is 19.2 Å². The summed E-state index contributed by atoms with van der Waals surface area (Å²) in [5.41, 5.74) is 2.48. The van der Waals surface area contributed by atoms with Crippen LogP contribution in [0.3, 0.4) is 0 Å². The summed E-state index contributed by atoms with van der Waals surface area (Å²) < 4.78 is 6.06. The molecule has 2 aromatic rings. The summed E-state index contributed by atoms with van der Waals surface area (Å²) in [5.74, 6) is -0.565. The van der Waals surface area contributed by atoms with E-state index in [-0.39, 0.29) is 70.0 Å². The Bertz CT molecular complexity index is 1640. The zero-order valence-corrected chi connectivity index (χ0v) is 25.6. The molecule has 0 spiro atoms. The Morgan fingerprint density at radius 2 is 1.04 bits per heavy atom. The second-order valence-corrected chi connectivity index (χ2v) is 14.3. The van der Waals surface area contributed by atoms with Gasteiger partial charge in [-0.25, -0.2) is 0 Å². The van der Waals surface area contributed by atoms with Crippen LogP contribution in [-0.4, -0.2) is 23.6 Å². The lowest BCUT2D eigenvalue weighted by Gasteiger charge is -2.30. The second-order valence-electron chi connectivity index (χ2n) is 14.3. The van der Waals surface area contributed by atoms with E-state index in [1.807, 2.05) is 13.8 Å². The lowest BCUT2D eigenvalue weighted by Crippen LogP contribution is -2.35. The van der Waals surface area contributed by atoms with E-state index in [4.69, 9.17) is 4.74 Å². The maximum absolute atomic E-state index is 13.7. The molecule has 2 saturated carbocycles. The molecular weight excluding hydrogens is 564 g/mol. The predicted octanol–water partition coefficient (Wildman–Crippen LogP) is 6.77. The molecule has 4 aliphatic carbocycles. The van der Waals surface area contributed by atoms with Crippen molar-refractivity contribution in [3.8, 4) is 11.5 Å². The van der Waals surface area contributed by atoms with Gasteiger partial charge in [-0.15, -0.1) is 13.2 Å². The molecule has 4 fully saturated rings. The molecule has 6 aliphatic rings. The molecule has 0 N–H and O–H groups in total. The first-order chi connectivity index (χ1) is 21.5. The van der Waals surface area contributed by atoms with Crippen LogP contribution in [0.4, 0.5) is 11.4 Å². The smallest absolute Gasteiger partial charge is 0.238 e. The van der Waals surface area contributed by atoms with Crippen LogP contribution in [0.5, 0.6) is 11.5 Å². The Balaban J connectivity index is 0.967. The van der Waals surface area contributed by atoms with Gasteiger partial charge in [-0.3, -0.25) is 29.0 Å². The number of fused-ring (bicyclic) bond motifs is 10. The van der Waals surface area contributed by atoms with Crippen molar-refractivity contribution in [1.82, 2.24) is 0 Å². The standard InChI is InChI=1S/C38H36N2O5/c1-21(2)17-37-15-13-23(19-37)29-31(37)35(43)39(33(29)41)25-5-9-27(10-6-25)45-28-11-7-26(8-12-28)40-34(42)30-24-14-16-38(20-24,18-22(3)4)32(30)36(40)44/h5-16,23-24,29-32H,1,3,17-20H2,2,4H3. The number of allylic oxidation sites excluding steroid dienone is 6. The van der Waals surface area contributed by atoms with Crippen molar-refractivity contribution in [2.75, 3.05) is 9.80 Å².